The fourth-order valence-electron chi connectivity index (χ4n) is 3.90. The summed E-state index contributed by atoms with van der Waals surface area (Å²) in [5, 5.41) is 4.15. The monoisotopic (exact) mass is 386 g/mol. The summed E-state index contributed by atoms with van der Waals surface area (Å²) in [7, 11) is 3.81. The number of hydrogen-bond donors (Lipinski definition) is 0. The lowest BCUT2D eigenvalue weighted by atomic mass is 9.95. The van der Waals surface area contributed by atoms with Gasteiger partial charge < -0.3 is 9.80 Å². The second-order valence-corrected chi connectivity index (χ2v) is 7.96. The quantitative estimate of drug-likeness (QED) is 0.701. The van der Waals surface area contributed by atoms with E-state index in [1.165, 1.54) is 6.07 Å². The van der Waals surface area contributed by atoms with Crippen molar-refractivity contribution < 1.29 is 9.18 Å². The van der Waals surface area contributed by atoms with Crippen LogP contribution in [0.2, 0.25) is 0 Å². The van der Waals surface area contributed by atoms with Crippen molar-refractivity contribution in [3.05, 3.63) is 53.6 Å². The Kier molecular flexibility index (Phi) is 7.20. The van der Waals surface area contributed by atoms with Gasteiger partial charge in [0.2, 0.25) is 5.91 Å². The molecule has 0 radical (unpaired) electrons. The second kappa shape index (κ2) is 9.82. The van der Waals surface area contributed by atoms with E-state index < -0.39 is 0 Å². The molecule has 1 aromatic carbocycles. The molecule has 6 heteroatoms. The summed E-state index contributed by atoms with van der Waals surface area (Å²) in [4.78, 5) is 16.7. The maximum Gasteiger partial charge on any atom is 0.222 e. The molecule has 28 heavy (non-hydrogen) atoms. The maximum atomic E-state index is 13.3. The highest BCUT2D eigenvalue weighted by atomic mass is 19.1. The van der Waals surface area contributed by atoms with Crippen molar-refractivity contribution >= 4 is 5.91 Å². The number of likely N-dealkylation sites (tertiary alicyclic amines) is 1. The van der Waals surface area contributed by atoms with Gasteiger partial charge in [-0.15, -0.1) is 0 Å². The van der Waals surface area contributed by atoms with Crippen molar-refractivity contribution in [2.75, 3.05) is 33.2 Å². The molecule has 0 saturated carbocycles. The van der Waals surface area contributed by atoms with E-state index in [4.69, 9.17) is 0 Å². The zero-order valence-electron chi connectivity index (χ0n) is 17.0. The van der Waals surface area contributed by atoms with E-state index >= 15 is 0 Å². The Bertz CT molecular complexity index is 767. The number of hydrogen-bond acceptors (Lipinski definition) is 3. The van der Waals surface area contributed by atoms with Gasteiger partial charge in [-0.1, -0.05) is 12.1 Å². The molecule has 152 valence electrons. The predicted octanol–water partition coefficient (Wildman–Crippen LogP) is 2.90. The standard InChI is InChI=1S/C22H31FN4O/c1-25(22(28)7-6-20-15-24-26(2)17-20)16-19-9-12-27(13-10-19)11-8-18-4-3-5-21(23)14-18/h3-5,14-15,17,19H,6-13,16H2,1-2H3. The molecule has 1 fully saturated rings. The molecule has 1 aromatic heterocycles. The lowest BCUT2D eigenvalue weighted by Crippen LogP contribution is -2.40. The Hall–Kier alpha value is -2.21. The molecule has 3 rings (SSSR count). The summed E-state index contributed by atoms with van der Waals surface area (Å²) < 4.78 is 15.0. The fourth-order valence-corrected chi connectivity index (χ4v) is 3.90. The minimum atomic E-state index is -0.160. The van der Waals surface area contributed by atoms with Gasteiger partial charge in [0.05, 0.1) is 6.20 Å². The Balaban J connectivity index is 1.34. The highest BCUT2D eigenvalue weighted by Crippen LogP contribution is 2.19. The highest BCUT2D eigenvalue weighted by Gasteiger charge is 2.22. The number of nitrogens with zero attached hydrogens (tertiary/aromatic N) is 4. The SMILES string of the molecule is CN(CC1CCN(CCc2cccc(F)c2)CC1)C(=O)CCc1cnn(C)c1. The molecule has 0 aliphatic carbocycles. The number of rotatable bonds is 8. The van der Waals surface area contributed by atoms with Crippen LogP contribution in [0.3, 0.4) is 0 Å². The highest BCUT2D eigenvalue weighted by molar-refractivity contribution is 5.76. The number of benzene rings is 1. The molecule has 2 heterocycles. The number of halogens is 1. The van der Waals surface area contributed by atoms with E-state index in [0.29, 0.717) is 12.3 Å². The molecule has 1 amide bonds. The van der Waals surface area contributed by atoms with Crippen LogP contribution < -0.4 is 0 Å². The maximum absolute atomic E-state index is 13.3. The lowest BCUT2D eigenvalue weighted by molar-refractivity contribution is -0.130. The second-order valence-electron chi connectivity index (χ2n) is 7.96. The first kappa shape index (κ1) is 20.5. The van der Waals surface area contributed by atoms with E-state index in [2.05, 4.69) is 10.00 Å². The van der Waals surface area contributed by atoms with Crippen molar-refractivity contribution in [2.24, 2.45) is 13.0 Å². The van der Waals surface area contributed by atoms with Gasteiger partial charge >= 0.3 is 0 Å². The van der Waals surface area contributed by atoms with Crippen LogP contribution in [-0.4, -0.2) is 58.7 Å². The van der Waals surface area contributed by atoms with Crippen LogP contribution in [0.15, 0.2) is 36.7 Å². The summed E-state index contributed by atoms with van der Waals surface area (Å²) in [6.45, 7) is 3.91. The van der Waals surface area contributed by atoms with Crippen molar-refractivity contribution in [3.63, 3.8) is 0 Å². The lowest BCUT2D eigenvalue weighted by Gasteiger charge is -2.34. The van der Waals surface area contributed by atoms with Gasteiger partial charge in [-0.25, -0.2) is 4.39 Å². The smallest absolute Gasteiger partial charge is 0.222 e. The van der Waals surface area contributed by atoms with Gasteiger partial charge in [0.25, 0.3) is 0 Å². The van der Waals surface area contributed by atoms with Crippen LogP contribution in [0.4, 0.5) is 4.39 Å². The number of piperidine rings is 1. The summed E-state index contributed by atoms with van der Waals surface area (Å²) in [5.74, 6) is 0.614. The summed E-state index contributed by atoms with van der Waals surface area (Å²) in [6.07, 6.45) is 8.19. The first-order valence-corrected chi connectivity index (χ1v) is 10.2. The van der Waals surface area contributed by atoms with Gasteiger partial charge in [-0.3, -0.25) is 9.48 Å². The number of carbonyl (C=O) groups excluding carboxylic acids is 1. The topological polar surface area (TPSA) is 41.4 Å². The number of aryl methyl sites for hydroxylation is 2. The molecule has 1 aliphatic heterocycles. The van der Waals surface area contributed by atoms with Crippen LogP contribution in [0.1, 0.15) is 30.4 Å². The molecule has 0 spiro atoms. The molecule has 0 bridgehead atoms. The van der Waals surface area contributed by atoms with Crippen molar-refractivity contribution in [1.82, 2.24) is 19.6 Å². The van der Waals surface area contributed by atoms with Gasteiger partial charge in [0.1, 0.15) is 5.82 Å². The summed E-state index contributed by atoms with van der Waals surface area (Å²) in [6, 6.07) is 6.88. The molecule has 2 aromatic rings. The number of carbonyl (C=O) groups is 1. The van der Waals surface area contributed by atoms with Crippen LogP contribution >= 0.6 is 0 Å². The zero-order valence-corrected chi connectivity index (χ0v) is 17.0. The zero-order chi connectivity index (χ0) is 19.9. The van der Waals surface area contributed by atoms with E-state index in [-0.39, 0.29) is 11.7 Å². The first-order valence-electron chi connectivity index (χ1n) is 10.2. The molecule has 0 atom stereocenters. The Morgan fingerprint density at radius 2 is 2.04 bits per heavy atom. The Morgan fingerprint density at radius 1 is 1.25 bits per heavy atom. The van der Waals surface area contributed by atoms with Crippen LogP contribution in [0, 0.1) is 11.7 Å². The molecule has 0 unspecified atom stereocenters. The molecule has 5 nitrogen and oxygen atoms in total. The van der Waals surface area contributed by atoms with Crippen molar-refractivity contribution in [1.29, 1.82) is 0 Å². The molecule has 1 saturated heterocycles. The van der Waals surface area contributed by atoms with Gasteiger partial charge in [-0.05, 0) is 68.0 Å². The normalized spacial score (nSPS) is 15.7. The number of amides is 1. The number of aromatic nitrogens is 2. The molecular formula is C22H31FN4O. The van der Waals surface area contributed by atoms with Crippen LogP contribution in [-0.2, 0) is 24.7 Å². The average Bonchev–Trinajstić information content (AvgIpc) is 3.11. The first-order chi connectivity index (χ1) is 13.5. The summed E-state index contributed by atoms with van der Waals surface area (Å²) >= 11 is 0. The van der Waals surface area contributed by atoms with Crippen molar-refractivity contribution in [2.45, 2.75) is 32.1 Å². The fraction of sp³-hybridized carbons (Fsp3) is 0.545. The molecule has 0 N–H and O–H groups in total. The predicted molar refractivity (Wildman–Crippen MR) is 108 cm³/mol. The average molecular weight is 387 g/mol. The van der Waals surface area contributed by atoms with Gasteiger partial charge in [-0.2, -0.15) is 5.10 Å². The minimum absolute atomic E-state index is 0.160. The van der Waals surface area contributed by atoms with E-state index in [9.17, 15) is 9.18 Å². The van der Waals surface area contributed by atoms with E-state index in [0.717, 1.165) is 63.0 Å². The third-order valence-electron chi connectivity index (χ3n) is 5.66. The largest absolute Gasteiger partial charge is 0.345 e. The third-order valence-corrected chi connectivity index (χ3v) is 5.66. The Labute approximate surface area is 167 Å². The minimum Gasteiger partial charge on any atom is -0.345 e. The summed E-state index contributed by atoms with van der Waals surface area (Å²) in [5.41, 5.74) is 2.16. The van der Waals surface area contributed by atoms with Crippen LogP contribution in [0.25, 0.3) is 0 Å². The van der Waals surface area contributed by atoms with Gasteiger partial charge in [0, 0.05) is 39.8 Å². The van der Waals surface area contributed by atoms with Gasteiger partial charge in [0.15, 0.2) is 0 Å². The van der Waals surface area contributed by atoms with E-state index in [1.54, 1.807) is 16.8 Å². The van der Waals surface area contributed by atoms with E-state index in [1.807, 2.05) is 37.5 Å². The Morgan fingerprint density at radius 3 is 2.71 bits per heavy atom. The van der Waals surface area contributed by atoms with Crippen molar-refractivity contribution in [3.8, 4) is 0 Å². The molecule has 1 aliphatic rings. The molecular weight excluding hydrogens is 355 g/mol. The van der Waals surface area contributed by atoms with Crippen LogP contribution in [0.5, 0.6) is 0 Å². The third kappa shape index (κ3) is 6.16.